The fourth-order valence-electron chi connectivity index (χ4n) is 1.87. The van der Waals surface area contributed by atoms with Crippen LogP contribution in [-0.2, 0) is 0 Å². The van der Waals surface area contributed by atoms with E-state index < -0.39 is 6.10 Å². The van der Waals surface area contributed by atoms with Gasteiger partial charge in [0, 0.05) is 12.2 Å². The minimum atomic E-state index is -0.905. The molecule has 19 heavy (non-hydrogen) atoms. The molecule has 6 heteroatoms. The highest BCUT2D eigenvalue weighted by Crippen LogP contribution is 2.31. The smallest absolute Gasteiger partial charge is 0.163 e. The average molecular weight is 282 g/mol. The molecule has 1 unspecified atom stereocenters. The highest BCUT2D eigenvalue weighted by molar-refractivity contribution is 6.30. The van der Waals surface area contributed by atoms with E-state index in [1.54, 1.807) is 30.1 Å². The summed E-state index contributed by atoms with van der Waals surface area (Å²) in [6, 6.07) is 3.49. The van der Waals surface area contributed by atoms with Gasteiger partial charge in [0.15, 0.2) is 5.75 Å². The Kier molecular flexibility index (Phi) is 4.07. The Balaban J connectivity index is 2.44. The molecule has 5 nitrogen and oxygen atoms in total. The molecule has 0 bridgehead atoms. The van der Waals surface area contributed by atoms with Crippen molar-refractivity contribution >= 4 is 11.6 Å². The Bertz CT molecular complexity index is 552. The summed E-state index contributed by atoms with van der Waals surface area (Å²) in [4.78, 5) is 4.13. The zero-order chi connectivity index (χ0) is 14.0. The van der Waals surface area contributed by atoms with Crippen LogP contribution in [-0.4, -0.2) is 27.0 Å². The summed E-state index contributed by atoms with van der Waals surface area (Å²) in [6.07, 6.45) is 2.19. The Morgan fingerprint density at radius 2 is 2.05 bits per heavy atom. The van der Waals surface area contributed by atoms with Crippen molar-refractivity contribution in [3.05, 3.63) is 40.9 Å². The number of ether oxygens (including phenoxy) is 1. The van der Waals surface area contributed by atoms with Crippen molar-refractivity contribution < 1.29 is 9.84 Å². The van der Waals surface area contributed by atoms with E-state index >= 15 is 0 Å². The Morgan fingerprint density at radius 3 is 2.58 bits per heavy atom. The van der Waals surface area contributed by atoms with Gasteiger partial charge < -0.3 is 9.84 Å². The van der Waals surface area contributed by atoms with E-state index in [2.05, 4.69) is 10.1 Å². The Morgan fingerprint density at radius 1 is 1.32 bits per heavy atom. The summed E-state index contributed by atoms with van der Waals surface area (Å²) in [5.74, 6) is 0.540. The molecule has 2 rings (SSSR count). The van der Waals surface area contributed by atoms with Crippen molar-refractivity contribution in [3.63, 3.8) is 0 Å². The normalized spacial score (nSPS) is 12.7. The maximum Gasteiger partial charge on any atom is 0.163 e. The maximum atomic E-state index is 10.5. The van der Waals surface area contributed by atoms with Gasteiger partial charge in [0.25, 0.3) is 0 Å². The molecule has 0 fully saturated rings. The first-order valence-corrected chi connectivity index (χ1v) is 6.33. The molecule has 0 amide bonds. The number of aliphatic hydroxyl groups excluding tert-OH is 1. The van der Waals surface area contributed by atoms with Crippen LogP contribution >= 0.6 is 11.6 Å². The average Bonchev–Trinajstić information content (AvgIpc) is 2.82. The first kappa shape index (κ1) is 13.8. The SMILES string of the molecule is COc1cnn(C(C)C)c1C(O)c1ccc(Cl)cn1. The van der Waals surface area contributed by atoms with Crippen molar-refractivity contribution in [1.82, 2.24) is 14.8 Å². The van der Waals surface area contributed by atoms with Gasteiger partial charge in [-0.2, -0.15) is 5.10 Å². The molecule has 0 aliphatic rings. The number of halogens is 1. The number of methoxy groups -OCH3 is 1. The molecular weight excluding hydrogens is 266 g/mol. The lowest BCUT2D eigenvalue weighted by Crippen LogP contribution is -2.13. The molecule has 0 aliphatic heterocycles. The summed E-state index contributed by atoms with van der Waals surface area (Å²) in [6.45, 7) is 3.97. The lowest BCUT2D eigenvalue weighted by Gasteiger charge is -2.16. The standard InChI is InChI=1S/C13H16ClN3O2/c1-8(2)17-12(11(19-3)7-16-17)13(18)10-5-4-9(14)6-15-10/h4-8,13,18H,1-3H3. The fourth-order valence-corrected chi connectivity index (χ4v) is 1.99. The van der Waals surface area contributed by atoms with E-state index in [9.17, 15) is 5.11 Å². The highest BCUT2D eigenvalue weighted by Gasteiger charge is 2.23. The third-order valence-corrected chi connectivity index (χ3v) is 3.02. The van der Waals surface area contributed by atoms with Crippen LogP contribution in [0.25, 0.3) is 0 Å². The van der Waals surface area contributed by atoms with Crippen molar-refractivity contribution in [3.8, 4) is 5.75 Å². The first-order valence-electron chi connectivity index (χ1n) is 5.95. The Hall–Kier alpha value is -1.59. The van der Waals surface area contributed by atoms with Crippen LogP contribution in [0, 0.1) is 0 Å². The number of aromatic nitrogens is 3. The molecule has 2 heterocycles. The fraction of sp³-hybridized carbons (Fsp3) is 0.385. The maximum absolute atomic E-state index is 10.5. The van der Waals surface area contributed by atoms with Crippen LogP contribution in [0.3, 0.4) is 0 Å². The molecule has 0 saturated carbocycles. The first-order chi connectivity index (χ1) is 9.04. The molecule has 0 saturated heterocycles. The number of rotatable bonds is 4. The molecule has 2 aromatic heterocycles. The van der Waals surface area contributed by atoms with E-state index in [1.807, 2.05) is 13.8 Å². The lowest BCUT2D eigenvalue weighted by atomic mass is 10.1. The van der Waals surface area contributed by atoms with E-state index in [0.29, 0.717) is 22.2 Å². The van der Waals surface area contributed by atoms with Gasteiger partial charge in [-0.3, -0.25) is 9.67 Å². The molecule has 0 radical (unpaired) electrons. The van der Waals surface area contributed by atoms with Crippen LogP contribution in [0.2, 0.25) is 5.02 Å². The van der Waals surface area contributed by atoms with Crippen LogP contribution in [0.4, 0.5) is 0 Å². The number of aliphatic hydroxyl groups is 1. The summed E-state index contributed by atoms with van der Waals surface area (Å²) >= 11 is 5.80. The summed E-state index contributed by atoms with van der Waals surface area (Å²) in [5, 5.41) is 15.2. The molecule has 2 aromatic rings. The van der Waals surface area contributed by atoms with Gasteiger partial charge in [-0.25, -0.2) is 0 Å². The van der Waals surface area contributed by atoms with Crippen LogP contribution in [0.1, 0.15) is 37.4 Å². The number of nitrogens with zero attached hydrogens (tertiary/aromatic N) is 3. The van der Waals surface area contributed by atoms with Crippen LogP contribution < -0.4 is 4.74 Å². The molecule has 102 valence electrons. The van der Waals surface area contributed by atoms with Crippen molar-refractivity contribution in [2.24, 2.45) is 0 Å². The third kappa shape index (κ3) is 2.72. The molecule has 1 atom stereocenters. The molecular formula is C13H16ClN3O2. The van der Waals surface area contributed by atoms with Gasteiger partial charge in [0.1, 0.15) is 11.8 Å². The quantitative estimate of drug-likeness (QED) is 0.936. The zero-order valence-corrected chi connectivity index (χ0v) is 11.8. The van der Waals surface area contributed by atoms with Crippen LogP contribution in [0.5, 0.6) is 5.75 Å². The zero-order valence-electron chi connectivity index (χ0n) is 11.0. The molecule has 1 N–H and O–H groups in total. The summed E-state index contributed by atoms with van der Waals surface area (Å²) in [7, 11) is 1.55. The summed E-state index contributed by atoms with van der Waals surface area (Å²) < 4.78 is 6.97. The molecule has 0 aromatic carbocycles. The van der Waals surface area contributed by atoms with Crippen molar-refractivity contribution in [2.45, 2.75) is 26.0 Å². The van der Waals surface area contributed by atoms with E-state index in [4.69, 9.17) is 16.3 Å². The number of pyridine rings is 1. The predicted molar refractivity (Wildman–Crippen MR) is 72.5 cm³/mol. The predicted octanol–water partition coefficient (Wildman–Crippen LogP) is 2.60. The second kappa shape index (κ2) is 5.59. The van der Waals surface area contributed by atoms with E-state index in [0.717, 1.165) is 0 Å². The van der Waals surface area contributed by atoms with Crippen molar-refractivity contribution in [2.75, 3.05) is 7.11 Å². The van der Waals surface area contributed by atoms with Gasteiger partial charge in [-0.1, -0.05) is 11.6 Å². The number of hydrogen-bond acceptors (Lipinski definition) is 4. The third-order valence-electron chi connectivity index (χ3n) is 2.80. The topological polar surface area (TPSA) is 60.2 Å². The second-order valence-corrected chi connectivity index (χ2v) is 4.88. The molecule has 0 aliphatic carbocycles. The van der Waals surface area contributed by atoms with Gasteiger partial charge >= 0.3 is 0 Å². The van der Waals surface area contributed by atoms with Gasteiger partial charge in [0.05, 0.1) is 24.0 Å². The van der Waals surface area contributed by atoms with E-state index in [-0.39, 0.29) is 6.04 Å². The Labute approximate surface area is 116 Å². The molecule has 0 spiro atoms. The van der Waals surface area contributed by atoms with Gasteiger partial charge in [-0.05, 0) is 26.0 Å². The van der Waals surface area contributed by atoms with Gasteiger partial charge in [-0.15, -0.1) is 0 Å². The largest absolute Gasteiger partial charge is 0.493 e. The van der Waals surface area contributed by atoms with Crippen LogP contribution in [0.15, 0.2) is 24.5 Å². The van der Waals surface area contributed by atoms with Gasteiger partial charge in [0.2, 0.25) is 0 Å². The minimum absolute atomic E-state index is 0.112. The van der Waals surface area contributed by atoms with E-state index in [1.165, 1.54) is 6.20 Å². The summed E-state index contributed by atoms with van der Waals surface area (Å²) in [5.41, 5.74) is 1.09. The monoisotopic (exact) mass is 281 g/mol. The van der Waals surface area contributed by atoms with Crippen molar-refractivity contribution in [1.29, 1.82) is 0 Å². The minimum Gasteiger partial charge on any atom is -0.493 e. The highest BCUT2D eigenvalue weighted by atomic mass is 35.5. The second-order valence-electron chi connectivity index (χ2n) is 4.44. The lowest BCUT2D eigenvalue weighted by molar-refractivity contribution is 0.195. The number of hydrogen-bond donors (Lipinski definition) is 1.